The normalized spacial score (nSPS) is 33.9. The first-order valence-electron chi connectivity index (χ1n) is 11.4. The van der Waals surface area contributed by atoms with Crippen molar-refractivity contribution in [2.24, 2.45) is 23.2 Å². The number of carbonyl (C=O) groups excluding carboxylic acids is 1. The number of rotatable bonds is 3. The summed E-state index contributed by atoms with van der Waals surface area (Å²) in [5.41, 5.74) is 0.962. The van der Waals surface area contributed by atoms with Gasteiger partial charge < -0.3 is 9.42 Å². The van der Waals surface area contributed by atoms with Crippen LogP contribution in [0.25, 0.3) is 11.4 Å². The zero-order valence-corrected chi connectivity index (χ0v) is 16.9. The molecule has 152 valence electrons. The molecule has 4 bridgehead atoms. The van der Waals surface area contributed by atoms with Gasteiger partial charge in [0.05, 0.1) is 5.41 Å². The van der Waals surface area contributed by atoms with Crippen LogP contribution in [0.5, 0.6) is 0 Å². The molecular formula is C24H29N3O2. The standard InChI is InChI=1S/C24H29N3O2/c28-23(24-13-16-10-17(14-24)12-18(11-16)15-24)27-8-6-20(7-9-27)22-25-21(26-29-22)19-4-2-1-3-5-19/h1-5,16-18,20H,6-15H2. The number of carbonyl (C=O) groups is 1. The maximum absolute atomic E-state index is 13.6. The first-order valence-corrected chi connectivity index (χ1v) is 11.4. The molecule has 0 radical (unpaired) electrons. The molecule has 4 aliphatic carbocycles. The SMILES string of the molecule is O=C(N1CCC(c2nc(-c3ccccc3)no2)CC1)C12CC3CC(CC(C3)C1)C2. The van der Waals surface area contributed by atoms with Crippen molar-refractivity contribution in [3.05, 3.63) is 36.2 Å². The quantitative estimate of drug-likeness (QED) is 0.764. The number of nitrogens with zero attached hydrogens (tertiary/aromatic N) is 3. The largest absolute Gasteiger partial charge is 0.342 e. The summed E-state index contributed by atoms with van der Waals surface area (Å²) in [5, 5.41) is 4.18. The number of amides is 1. The number of hydrogen-bond acceptors (Lipinski definition) is 4. The van der Waals surface area contributed by atoms with Crippen LogP contribution in [-0.2, 0) is 4.79 Å². The highest BCUT2D eigenvalue weighted by Gasteiger charge is 2.55. The molecule has 2 heterocycles. The lowest BCUT2D eigenvalue weighted by molar-refractivity contribution is -0.158. The highest BCUT2D eigenvalue weighted by molar-refractivity contribution is 5.83. The van der Waals surface area contributed by atoms with E-state index >= 15 is 0 Å². The minimum Gasteiger partial charge on any atom is -0.342 e. The third kappa shape index (κ3) is 3.01. The zero-order chi connectivity index (χ0) is 19.4. The Kier molecular flexibility index (Phi) is 4.07. The van der Waals surface area contributed by atoms with E-state index in [1.54, 1.807) is 0 Å². The van der Waals surface area contributed by atoms with Crippen molar-refractivity contribution < 1.29 is 9.32 Å². The molecular weight excluding hydrogens is 362 g/mol. The van der Waals surface area contributed by atoms with E-state index < -0.39 is 0 Å². The Morgan fingerprint density at radius 2 is 1.59 bits per heavy atom. The highest BCUT2D eigenvalue weighted by Crippen LogP contribution is 2.60. The molecule has 7 rings (SSSR count). The molecule has 2 aromatic rings. The van der Waals surface area contributed by atoms with Crippen LogP contribution in [0.3, 0.4) is 0 Å². The highest BCUT2D eigenvalue weighted by atomic mass is 16.5. The van der Waals surface area contributed by atoms with Crippen LogP contribution in [0.2, 0.25) is 0 Å². The molecule has 0 atom stereocenters. The lowest BCUT2D eigenvalue weighted by atomic mass is 9.49. The minimum absolute atomic E-state index is 0.0213. The first-order chi connectivity index (χ1) is 14.2. The second kappa shape index (κ2) is 6.68. The average Bonchev–Trinajstić information content (AvgIpc) is 3.23. The summed E-state index contributed by atoms with van der Waals surface area (Å²) < 4.78 is 5.59. The number of piperidine rings is 1. The van der Waals surface area contributed by atoms with E-state index in [0.29, 0.717) is 11.7 Å². The Morgan fingerprint density at radius 3 is 2.21 bits per heavy atom. The fourth-order valence-corrected chi connectivity index (χ4v) is 7.14. The van der Waals surface area contributed by atoms with Crippen LogP contribution in [0.15, 0.2) is 34.9 Å². The van der Waals surface area contributed by atoms with Gasteiger partial charge in [0, 0.05) is 24.6 Å². The average molecular weight is 392 g/mol. The Labute approximate surface area is 171 Å². The summed E-state index contributed by atoms with van der Waals surface area (Å²) >= 11 is 0. The molecule has 0 N–H and O–H groups in total. The van der Waals surface area contributed by atoms with Gasteiger partial charge in [-0.05, 0) is 69.1 Å². The van der Waals surface area contributed by atoms with Crippen LogP contribution in [0.1, 0.15) is 63.2 Å². The van der Waals surface area contributed by atoms with Gasteiger partial charge in [-0.3, -0.25) is 4.79 Å². The van der Waals surface area contributed by atoms with E-state index in [1.807, 2.05) is 30.3 Å². The van der Waals surface area contributed by atoms with Crippen LogP contribution >= 0.6 is 0 Å². The van der Waals surface area contributed by atoms with Gasteiger partial charge in [0.25, 0.3) is 0 Å². The van der Waals surface area contributed by atoms with Crippen LogP contribution in [-0.4, -0.2) is 34.0 Å². The Hall–Kier alpha value is -2.17. The van der Waals surface area contributed by atoms with Crippen LogP contribution in [0.4, 0.5) is 0 Å². The summed E-state index contributed by atoms with van der Waals surface area (Å²) in [6.45, 7) is 1.66. The van der Waals surface area contributed by atoms with E-state index in [-0.39, 0.29) is 11.3 Å². The third-order valence-corrected chi connectivity index (χ3v) is 8.10. The van der Waals surface area contributed by atoms with Gasteiger partial charge in [-0.1, -0.05) is 35.5 Å². The van der Waals surface area contributed by atoms with Crippen molar-refractivity contribution in [1.29, 1.82) is 0 Å². The fourth-order valence-electron chi connectivity index (χ4n) is 7.14. The fraction of sp³-hybridized carbons (Fsp3) is 0.625. The van der Waals surface area contributed by atoms with Gasteiger partial charge in [-0.25, -0.2) is 0 Å². The lowest BCUT2D eigenvalue weighted by Crippen LogP contribution is -2.55. The molecule has 5 nitrogen and oxygen atoms in total. The number of likely N-dealkylation sites (tertiary alicyclic amines) is 1. The smallest absolute Gasteiger partial charge is 0.230 e. The molecule has 5 fully saturated rings. The first kappa shape index (κ1) is 17.7. The van der Waals surface area contributed by atoms with Crippen molar-refractivity contribution in [2.45, 2.75) is 57.3 Å². The molecule has 5 heteroatoms. The van der Waals surface area contributed by atoms with Gasteiger partial charge in [-0.15, -0.1) is 0 Å². The predicted octanol–water partition coefficient (Wildman–Crippen LogP) is 4.66. The van der Waals surface area contributed by atoms with Gasteiger partial charge >= 0.3 is 0 Å². The molecule has 29 heavy (non-hydrogen) atoms. The second-order valence-corrected chi connectivity index (χ2v) is 10.1. The second-order valence-electron chi connectivity index (χ2n) is 10.1. The van der Waals surface area contributed by atoms with Gasteiger partial charge in [0.1, 0.15) is 0 Å². The van der Waals surface area contributed by atoms with Gasteiger partial charge in [0.2, 0.25) is 17.6 Å². The van der Waals surface area contributed by atoms with E-state index in [1.165, 1.54) is 19.3 Å². The van der Waals surface area contributed by atoms with Crippen molar-refractivity contribution in [3.8, 4) is 11.4 Å². The number of aromatic nitrogens is 2. The summed E-state index contributed by atoms with van der Waals surface area (Å²) in [7, 11) is 0. The molecule has 1 amide bonds. The third-order valence-electron chi connectivity index (χ3n) is 8.10. The Bertz CT molecular complexity index is 863. The Balaban J connectivity index is 1.12. The van der Waals surface area contributed by atoms with Crippen molar-refractivity contribution in [2.75, 3.05) is 13.1 Å². The monoisotopic (exact) mass is 391 g/mol. The van der Waals surface area contributed by atoms with E-state index in [9.17, 15) is 4.79 Å². The zero-order valence-electron chi connectivity index (χ0n) is 16.9. The van der Waals surface area contributed by atoms with E-state index in [2.05, 4.69) is 15.0 Å². The molecule has 4 saturated carbocycles. The molecule has 0 unspecified atom stereocenters. The molecule has 1 aromatic heterocycles. The van der Waals surface area contributed by atoms with Crippen molar-refractivity contribution in [1.82, 2.24) is 15.0 Å². The van der Waals surface area contributed by atoms with Crippen LogP contribution < -0.4 is 0 Å². The lowest BCUT2D eigenvalue weighted by Gasteiger charge is -2.57. The predicted molar refractivity (Wildman–Crippen MR) is 109 cm³/mol. The van der Waals surface area contributed by atoms with Crippen molar-refractivity contribution in [3.63, 3.8) is 0 Å². The van der Waals surface area contributed by atoms with Crippen molar-refractivity contribution >= 4 is 5.91 Å². The van der Waals surface area contributed by atoms with E-state index in [4.69, 9.17) is 4.52 Å². The number of benzene rings is 1. The van der Waals surface area contributed by atoms with E-state index in [0.717, 1.165) is 74.4 Å². The molecule has 1 aliphatic heterocycles. The molecule has 5 aliphatic rings. The topological polar surface area (TPSA) is 59.2 Å². The van der Waals surface area contributed by atoms with Crippen LogP contribution in [0, 0.1) is 23.2 Å². The molecule has 1 aromatic carbocycles. The number of hydrogen-bond donors (Lipinski definition) is 0. The van der Waals surface area contributed by atoms with Gasteiger partial charge in [-0.2, -0.15) is 4.98 Å². The summed E-state index contributed by atoms with van der Waals surface area (Å²) in [6, 6.07) is 9.96. The Morgan fingerprint density at radius 1 is 0.966 bits per heavy atom. The summed E-state index contributed by atoms with van der Waals surface area (Å²) in [5.74, 6) is 4.57. The summed E-state index contributed by atoms with van der Waals surface area (Å²) in [6.07, 6.45) is 9.47. The molecule has 1 saturated heterocycles. The maximum atomic E-state index is 13.6. The maximum Gasteiger partial charge on any atom is 0.230 e. The molecule has 0 spiro atoms. The minimum atomic E-state index is -0.0213. The summed E-state index contributed by atoms with van der Waals surface area (Å²) in [4.78, 5) is 20.4. The van der Waals surface area contributed by atoms with Gasteiger partial charge in [0.15, 0.2) is 0 Å².